The standard InChI is InChI=1S/C13H20BrNO3/c1-7(2)13(16)12(15)8-5-9(17-3)11(14)10(6-8)18-4/h5-7,12-13,16H,15H2,1-4H3/t12-,13+/m0/s1. The van der Waals surface area contributed by atoms with Gasteiger partial charge in [-0.1, -0.05) is 13.8 Å². The molecule has 0 saturated carbocycles. The molecule has 1 rings (SSSR count). The highest BCUT2D eigenvalue weighted by atomic mass is 79.9. The van der Waals surface area contributed by atoms with E-state index in [1.165, 1.54) is 0 Å². The first kappa shape index (κ1) is 15.3. The summed E-state index contributed by atoms with van der Waals surface area (Å²) in [6, 6.07) is 3.15. The van der Waals surface area contributed by atoms with E-state index in [2.05, 4.69) is 15.9 Å². The van der Waals surface area contributed by atoms with Gasteiger partial charge < -0.3 is 20.3 Å². The molecule has 1 aromatic rings. The Morgan fingerprint density at radius 2 is 1.61 bits per heavy atom. The molecule has 1 aromatic carbocycles. The lowest BCUT2D eigenvalue weighted by Crippen LogP contribution is -2.30. The maximum absolute atomic E-state index is 10.0. The van der Waals surface area contributed by atoms with Crippen molar-refractivity contribution in [2.45, 2.75) is 26.0 Å². The van der Waals surface area contributed by atoms with Crippen LogP contribution in [0.25, 0.3) is 0 Å². The van der Waals surface area contributed by atoms with Gasteiger partial charge in [0.2, 0.25) is 0 Å². The highest BCUT2D eigenvalue weighted by Gasteiger charge is 2.22. The van der Waals surface area contributed by atoms with Crippen LogP contribution in [0, 0.1) is 5.92 Å². The van der Waals surface area contributed by atoms with Crippen molar-refractivity contribution in [2.75, 3.05) is 14.2 Å². The zero-order valence-corrected chi connectivity index (χ0v) is 12.7. The van der Waals surface area contributed by atoms with E-state index in [4.69, 9.17) is 15.2 Å². The van der Waals surface area contributed by atoms with E-state index in [-0.39, 0.29) is 5.92 Å². The van der Waals surface area contributed by atoms with Crippen LogP contribution in [-0.4, -0.2) is 25.4 Å². The summed E-state index contributed by atoms with van der Waals surface area (Å²) in [5.74, 6) is 1.35. The minimum Gasteiger partial charge on any atom is -0.495 e. The van der Waals surface area contributed by atoms with E-state index in [9.17, 15) is 5.11 Å². The third-order valence-electron chi connectivity index (χ3n) is 2.90. The molecule has 18 heavy (non-hydrogen) atoms. The quantitative estimate of drug-likeness (QED) is 0.875. The highest BCUT2D eigenvalue weighted by molar-refractivity contribution is 9.10. The molecule has 5 heteroatoms. The topological polar surface area (TPSA) is 64.7 Å². The van der Waals surface area contributed by atoms with Crippen LogP contribution in [0.3, 0.4) is 0 Å². The van der Waals surface area contributed by atoms with Gasteiger partial charge in [0.05, 0.1) is 26.4 Å². The second-order valence-electron chi connectivity index (χ2n) is 4.50. The number of hydrogen-bond acceptors (Lipinski definition) is 4. The molecule has 0 saturated heterocycles. The van der Waals surface area contributed by atoms with Crippen molar-refractivity contribution in [1.82, 2.24) is 0 Å². The molecular weight excluding hydrogens is 298 g/mol. The van der Waals surface area contributed by atoms with Gasteiger partial charge in [-0.15, -0.1) is 0 Å². The fourth-order valence-electron chi connectivity index (χ4n) is 1.69. The van der Waals surface area contributed by atoms with Gasteiger partial charge >= 0.3 is 0 Å². The van der Waals surface area contributed by atoms with Gasteiger partial charge in [-0.05, 0) is 39.5 Å². The summed E-state index contributed by atoms with van der Waals surface area (Å²) in [7, 11) is 3.15. The Kier molecular flexibility index (Phi) is 5.44. The minimum atomic E-state index is -0.611. The van der Waals surface area contributed by atoms with Crippen molar-refractivity contribution in [3.05, 3.63) is 22.2 Å². The molecule has 0 radical (unpaired) electrons. The number of nitrogens with two attached hydrogens (primary N) is 1. The molecule has 0 bridgehead atoms. The van der Waals surface area contributed by atoms with Crippen molar-refractivity contribution in [3.8, 4) is 11.5 Å². The van der Waals surface area contributed by atoms with Gasteiger partial charge in [0, 0.05) is 0 Å². The fourth-order valence-corrected chi connectivity index (χ4v) is 2.25. The number of aliphatic hydroxyl groups excluding tert-OH is 1. The average molecular weight is 318 g/mol. The summed E-state index contributed by atoms with van der Waals surface area (Å²) in [5.41, 5.74) is 6.85. The molecule has 0 aliphatic rings. The van der Waals surface area contributed by atoms with E-state index in [0.717, 1.165) is 10.0 Å². The smallest absolute Gasteiger partial charge is 0.137 e. The van der Waals surface area contributed by atoms with Crippen molar-refractivity contribution in [1.29, 1.82) is 0 Å². The van der Waals surface area contributed by atoms with Crippen LogP contribution in [0.5, 0.6) is 11.5 Å². The average Bonchev–Trinajstić information content (AvgIpc) is 2.37. The highest BCUT2D eigenvalue weighted by Crippen LogP contribution is 2.37. The maximum atomic E-state index is 10.0. The summed E-state index contributed by atoms with van der Waals surface area (Å²) in [5, 5.41) is 10.0. The van der Waals surface area contributed by atoms with Crippen LogP contribution < -0.4 is 15.2 Å². The number of hydrogen-bond donors (Lipinski definition) is 2. The second kappa shape index (κ2) is 6.41. The van der Waals surface area contributed by atoms with Gasteiger partial charge in [0.25, 0.3) is 0 Å². The van der Waals surface area contributed by atoms with Crippen LogP contribution in [0.2, 0.25) is 0 Å². The molecule has 0 heterocycles. The van der Waals surface area contributed by atoms with Crippen molar-refractivity contribution in [2.24, 2.45) is 11.7 Å². The first-order valence-electron chi connectivity index (χ1n) is 5.77. The molecule has 0 spiro atoms. The van der Waals surface area contributed by atoms with E-state index < -0.39 is 12.1 Å². The molecule has 102 valence electrons. The number of benzene rings is 1. The largest absolute Gasteiger partial charge is 0.495 e. The molecule has 4 nitrogen and oxygen atoms in total. The Hall–Kier alpha value is -0.780. The van der Waals surface area contributed by atoms with Crippen LogP contribution >= 0.6 is 15.9 Å². The predicted molar refractivity (Wildman–Crippen MR) is 75.0 cm³/mol. The molecule has 0 amide bonds. The lowest BCUT2D eigenvalue weighted by molar-refractivity contribution is 0.0978. The van der Waals surface area contributed by atoms with Crippen molar-refractivity contribution in [3.63, 3.8) is 0 Å². The summed E-state index contributed by atoms with van der Waals surface area (Å²) in [6.07, 6.45) is -0.611. The molecular formula is C13H20BrNO3. The Morgan fingerprint density at radius 1 is 1.17 bits per heavy atom. The number of methoxy groups -OCH3 is 2. The van der Waals surface area contributed by atoms with Gasteiger partial charge in [0.15, 0.2) is 0 Å². The predicted octanol–water partition coefficient (Wildman–Crippen LogP) is 2.48. The van der Waals surface area contributed by atoms with Crippen LogP contribution in [0.4, 0.5) is 0 Å². The monoisotopic (exact) mass is 317 g/mol. The van der Waals surface area contributed by atoms with E-state index in [1.807, 2.05) is 26.0 Å². The number of ether oxygens (including phenoxy) is 2. The zero-order chi connectivity index (χ0) is 13.9. The second-order valence-corrected chi connectivity index (χ2v) is 5.29. The Morgan fingerprint density at radius 3 is 1.94 bits per heavy atom. The van der Waals surface area contributed by atoms with Gasteiger partial charge in [-0.25, -0.2) is 0 Å². The number of halogens is 1. The summed E-state index contributed by atoms with van der Waals surface area (Å²) < 4.78 is 11.2. The Labute approximate surface area is 116 Å². The molecule has 3 N–H and O–H groups in total. The van der Waals surface area contributed by atoms with E-state index in [0.29, 0.717) is 11.5 Å². The number of rotatable bonds is 5. The van der Waals surface area contributed by atoms with Crippen LogP contribution in [0.1, 0.15) is 25.5 Å². The van der Waals surface area contributed by atoms with Crippen molar-refractivity contribution >= 4 is 15.9 Å². The van der Waals surface area contributed by atoms with Gasteiger partial charge in [-0.2, -0.15) is 0 Å². The normalized spacial score (nSPS) is 14.4. The third-order valence-corrected chi connectivity index (χ3v) is 3.69. The third kappa shape index (κ3) is 3.16. The number of aliphatic hydroxyl groups is 1. The van der Waals surface area contributed by atoms with E-state index in [1.54, 1.807) is 14.2 Å². The van der Waals surface area contributed by atoms with Crippen LogP contribution in [0.15, 0.2) is 16.6 Å². The zero-order valence-electron chi connectivity index (χ0n) is 11.1. The lowest BCUT2D eigenvalue weighted by Gasteiger charge is -2.23. The fraction of sp³-hybridized carbons (Fsp3) is 0.538. The molecule has 2 atom stereocenters. The Balaban J connectivity index is 3.17. The summed E-state index contributed by atoms with van der Waals surface area (Å²) >= 11 is 3.40. The molecule has 0 unspecified atom stereocenters. The lowest BCUT2D eigenvalue weighted by atomic mass is 9.94. The van der Waals surface area contributed by atoms with E-state index >= 15 is 0 Å². The maximum Gasteiger partial charge on any atom is 0.137 e. The van der Waals surface area contributed by atoms with Crippen molar-refractivity contribution < 1.29 is 14.6 Å². The first-order valence-corrected chi connectivity index (χ1v) is 6.56. The first-order chi connectivity index (χ1) is 8.42. The SMILES string of the molecule is COc1cc([C@H](N)[C@H](O)C(C)C)cc(OC)c1Br. The van der Waals surface area contributed by atoms with Gasteiger partial charge in [0.1, 0.15) is 16.0 Å². The molecule has 0 aliphatic heterocycles. The molecule has 0 fully saturated rings. The van der Waals surface area contributed by atoms with Crippen LogP contribution in [-0.2, 0) is 0 Å². The molecule has 0 aromatic heterocycles. The summed E-state index contributed by atoms with van der Waals surface area (Å²) in [4.78, 5) is 0. The summed E-state index contributed by atoms with van der Waals surface area (Å²) in [6.45, 7) is 3.86. The molecule has 0 aliphatic carbocycles. The minimum absolute atomic E-state index is 0.0839. The Bertz CT molecular complexity index is 384. The van der Waals surface area contributed by atoms with Gasteiger partial charge in [-0.3, -0.25) is 0 Å².